The Balaban J connectivity index is 1.36. The first-order chi connectivity index (χ1) is 20.2. The van der Waals surface area contributed by atoms with Gasteiger partial charge >= 0.3 is 0 Å². The van der Waals surface area contributed by atoms with Crippen LogP contribution in [0.4, 0.5) is 0 Å². The fraction of sp³-hybridized carbons (Fsp3) is 0.412. The van der Waals surface area contributed by atoms with E-state index < -0.39 is 6.04 Å². The molecule has 41 heavy (non-hydrogen) atoms. The van der Waals surface area contributed by atoms with Crippen LogP contribution in [-0.4, -0.2) is 45.7 Å². The minimum Gasteiger partial charge on any atom is -0.455 e. The summed E-state index contributed by atoms with van der Waals surface area (Å²) in [6, 6.07) is 20.8. The summed E-state index contributed by atoms with van der Waals surface area (Å²) < 4.78 is 6.18. The van der Waals surface area contributed by atoms with Crippen molar-refractivity contribution in [2.75, 3.05) is 13.1 Å². The fourth-order valence-electron chi connectivity index (χ4n) is 6.42. The van der Waals surface area contributed by atoms with Gasteiger partial charge in [-0.25, -0.2) is 0 Å². The van der Waals surface area contributed by atoms with E-state index in [1.54, 1.807) is 11.0 Å². The van der Waals surface area contributed by atoms with E-state index in [1.165, 1.54) is 25.7 Å². The van der Waals surface area contributed by atoms with Crippen LogP contribution in [0.5, 0.6) is 0 Å². The van der Waals surface area contributed by atoms with Crippen LogP contribution in [0.1, 0.15) is 84.9 Å². The highest BCUT2D eigenvalue weighted by Crippen LogP contribution is 2.32. The van der Waals surface area contributed by atoms with Gasteiger partial charge in [0.15, 0.2) is 5.76 Å². The van der Waals surface area contributed by atoms with Crippen molar-refractivity contribution in [3.63, 3.8) is 0 Å². The molecule has 7 heteroatoms. The lowest BCUT2D eigenvalue weighted by molar-refractivity contribution is -0.127. The number of aromatic nitrogens is 1. The van der Waals surface area contributed by atoms with Gasteiger partial charge < -0.3 is 19.6 Å². The molecule has 1 aliphatic carbocycles. The lowest BCUT2D eigenvalue weighted by Gasteiger charge is -2.33. The van der Waals surface area contributed by atoms with Gasteiger partial charge in [-0.15, -0.1) is 0 Å². The summed E-state index contributed by atoms with van der Waals surface area (Å²) in [4.78, 5) is 36.0. The molecule has 1 saturated heterocycles. The summed E-state index contributed by atoms with van der Waals surface area (Å²) in [6.07, 6.45) is 10.9. The average Bonchev–Trinajstić information content (AvgIpc) is 3.66. The second-order valence-electron chi connectivity index (χ2n) is 11.6. The monoisotopic (exact) mass is 552 g/mol. The Bertz CT molecular complexity index is 1450. The van der Waals surface area contributed by atoms with E-state index in [-0.39, 0.29) is 30.2 Å². The molecule has 7 nitrogen and oxygen atoms in total. The minimum absolute atomic E-state index is 0.123. The van der Waals surface area contributed by atoms with Crippen molar-refractivity contribution in [3.05, 3.63) is 95.6 Å². The Kier molecular flexibility index (Phi) is 8.52. The highest BCUT2D eigenvalue weighted by atomic mass is 16.4. The first kappa shape index (κ1) is 27.3. The molecule has 1 saturated carbocycles. The summed E-state index contributed by atoms with van der Waals surface area (Å²) in [5, 5.41) is 4.26. The van der Waals surface area contributed by atoms with Crippen molar-refractivity contribution in [1.82, 2.24) is 20.1 Å². The molecule has 214 valence electrons. The molecule has 3 heterocycles. The number of fused-ring (bicyclic) bond motifs is 1. The van der Waals surface area contributed by atoms with Crippen molar-refractivity contribution >= 4 is 22.7 Å². The van der Waals surface area contributed by atoms with Gasteiger partial charge in [-0.1, -0.05) is 74.2 Å². The molecule has 2 aromatic carbocycles. The molecule has 1 atom stereocenters. The van der Waals surface area contributed by atoms with Crippen LogP contribution in [0.2, 0.25) is 0 Å². The molecule has 4 aromatic rings. The number of rotatable bonds is 9. The molecular formula is C34H40N4O3. The van der Waals surface area contributed by atoms with Crippen molar-refractivity contribution in [3.8, 4) is 0 Å². The molecule has 2 fully saturated rings. The number of aromatic amines is 1. The number of nitrogens with one attached hydrogen (secondary N) is 2. The first-order valence-corrected chi connectivity index (χ1v) is 15.2. The van der Waals surface area contributed by atoms with E-state index >= 15 is 0 Å². The van der Waals surface area contributed by atoms with Crippen LogP contribution in [0.3, 0.4) is 0 Å². The van der Waals surface area contributed by atoms with Crippen LogP contribution in [0.15, 0.2) is 77.3 Å². The molecule has 1 aliphatic heterocycles. The SMILES string of the molecule is O=C(NC1CCCCC1)[C@H](c1c[nH]c2ccccc12)N(Cc1ccccc1)C(=O)c1ccc(CN2CCCCC2)o1. The predicted octanol–water partition coefficient (Wildman–Crippen LogP) is 6.58. The summed E-state index contributed by atoms with van der Waals surface area (Å²) >= 11 is 0. The molecule has 0 spiro atoms. The Labute approximate surface area is 241 Å². The van der Waals surface area contributed by atoms with Gasteiger partial charge in [0.25, 0.3) is 5.91 Å². The maximum absolute atomic E-state index is 14.4. The van der Waals surface area contributed by atoms with E-state index in [0.29, 0.717) is 6.54 Å². The average molecular weight is 553 g/mol. The van der Waals surface area contributed by atoms with E-state index in [2.05, 4.69) is 15.2 Å². The number of nitrogens with zero attached hydrogens (tertiary/aromatic N) is 2. The summed E-state index contributed by atoms with van der Waals surface area (Å²) in [7, 11) is 0. The van der Waals surface area contributed by atoms with Gasteiger partial charge in [0.05, 0.1) is 6.54 Å². The molecule has 2 aromatic heterocycles. The zero-order chi connectivity index (χ0) is 28.0. The topological polar surface area (TPSA) is 81.6 Å². The molecule has 0 radical (unpaired) electrons. The van der Waals surface area contributed by atoms with Gasteiger partial charge in [0, 0.05) is 35.2 Å². The number of furan rings is 1. The van der Waals surface area contributed by atoms with Gasteiger partial charge in [0.1, 0.15) is 11.8 Å². The quantitative estimate of drug-likeness (QED) is 0.246. The van der Waals surface area contributed by atoms with E-state index in [4.69, 9.17) is 4.42 Å². The van der Waals surface area contributed by atoms with Crippen molar-refractivity contribution in [2.45, 2.75) is 76.5 Å². The maximum atomic E-state index is 14.4. The largest absolute Gasteiger partial charge is 0.455 e. The third kappa shape index (κ3) is 6.41. The second kappa shape index (κ2) is 12.8. The fourth-order valence-corrected chi connectivity index (χ4v) is 6.42. The van der Waals surface area contributed by atoms with Crippen molar-refractivity contribution in [1.29, 1.82) is 0 Å². The Hall–Kier alpha value is -3.84. The summed E-state index contributed by atoms with van der Waals surface area (Å²) in [5.41, 5.74) is 2.68. The van der Waals surface area contributed by atoms with E-state index in [9.17, 15) is 9.59 Å². The first-order valence-electron chi connectivity index (χ1n) is 15.2. The smallest absolute Gasteiger partial charge is 0.290 e. The molecule has 2 aliphatic rings. The number of carbonyl (C=O) groups is 2. The summed E-state index contributed by atoms with van der Waals surface area (Å²) in [5.74, 6) is 0.618. The predicted molar refractivity (Wildman–Crippen MR) is 160 cm³/mol. The third-order valence-electron chi connectivity index (χ3n) is 8.58. The van der Waals surface area contributed by atoms with E-state index in [1.807, 2.05) is 66.9 Å². The molecule has 2 N–H and O–H groups in total. The van der Waals surface area contributed by atoms with Crippen LogP contribution >= 0.6 is 0 Å². The Morgan fingerprint density at radius 3 is 2.44 bits per heavy atom. The van der Waals surface area contributed by atoms with Crippen LogP contribution in [0, 0.1) is 0 Å². The zero-order valence-corrected chi connectivity index (χ0v) is 23.7. The lowest BCUT2D eigenvalue weighted by Crippen LogP contribution is -2.46. The standard InChI is InChI=1S/C34H40N4O3/c39-33(36-26-14-6-2-7-15-26)32(29-22-35-30-17-9-8-16-28(29)30)38(23-25-12-4-1-5-13-25)34(40)31-19-18-27(41-31)24-37-20-10-3-11-21-37/h1,4-5,8-9,12-13,16-19,22,26,32,35H,2-3,6-7,10-11,14-15,20-21,23-24H2,(H,36,39)/t32-/m0/s1. The van der Waals surface area contributed by atoms with E-state index in [0.717, 1.165) is 66.6 Å². The molecular weight excluding hydrogens is 512 g/mol. The molecule has 0 bridgehead atoms. The number of hydrogen-bond donors (Lipinski definition) is 2. The van der Waals surface area contributed by atoms with Crippen LogP contribution in [0.25, 0.3) is 10.9 Å². The molecule has 2 amide bonds. The van der Waals surface area contributed by atoms with Crippen molar-refractivity contribution < 1.29 is 14.0 Å². The lowest BCUT2D eigenvalue weighted by atomic mass is 9.94. The number of amides is 2. The van der Waals surface area contributed by atoms with Crippen LogP contribution < -0.4 is 5.32 Å². The second-order valence-corrected chi connectivity index (χ2v) is 11.6. The highest BCUT2D eigenvalue weighted by Gasteiger charge is 2.36. The van der Waals surface area contributed by atoms with Gasteiger partial charge in [-0.05, 0) is 62.5 Å². The number of carbonyl (C=O) groups excluding carboxylic acids is 2. The molecule has 6 rings (SSSR count). The zero-order valence-electron chi connectivity index (χ0n) is 23.7. The van der Waals surface area contributed by atoms with Gasteiger partial charge in [0.2, 0.25) is 5.91 Å². The minimum atomic E-state index is -0.823. The highest BCUT2D eigenvalue weighted by molar-refractivity contribution is 5.98. The normalized spacial score (nSPS) is 17.4. The number of piperidine rings is 1. The Morgan fingerprint density at radius 2 is 1.63 bits per heavy atom. The maximum Gasteiger partial charge on any atom is 0.290 e. The number of likely N-dealkylation sites (tertiary alicyclic amines) is 1. The summed E-state index contributed by atoms with van der Waals surface area (Å²) in [6.45, 7) is 3.08. The number of H-pyrrole nitrogens is 1. The van der Waals surface area contributed by atoms with Crippen molar-refractivity contribution in [2.24, 2.45) is 0 Å². The molecule has 0 unspecified atom stereocenters. The number of hydrogen-bond acceptors (Lipinski definition) is 4. The van der Waals surface area contributed by atoms with Gasteiger partial charge in [-0.3, -0.25) is 14.5 Å². The van der Waals surface area contributed by atoms with Crippen LogP contribution in [-0.2, 0) is 17.9 Å². The number of para-hydroxylation sites is 1. The third-order valence-corrected chi connectivity index (χ3v) is 8.58. The Morgan fingerprint density at radius 1 is 0.902 bits per heavy atom. The number of benzene rings is 2. The van der Waals surface area contributed by atoms with Gasteiger partial charge in [-0.2, -0.15) is 0 Å².